The summed E-state index contributed by atoms with van der Waals surface area (Å²) < 4.78 is 33.5. The fraction of sp³-hybridized carbons (Fsp3) is 0.389. The molecule has 144 valence electrons. The lowest BCUT2D eigenvalue weighted by atomic mass is 10.1. The maximum Gasteiger partial charge on any atom is 0.308 e. The molecule has 1 saturated heterocycles. The summed E-state index contributed by atoms with van der Waals surface area (Å²) >= 11 is 5.90. The molecule has 0 atom stereocenters. The minimum atomic E-state index is -2.84. The van der Waals surface area contributed by atoms with Crippen LogP contribution >= 0.6 is 11.6 Å². The first kappa shape index (κ1) is 19.8. The summed E-state index contributed by atoms with van der Waals surface area (Å²) in [5.74, 6) is -2.84. The van der Waals surface area contributed by atoms with Gasteiger partial charge in [0.1, 0.15) is 17.9 Å². The molecule has 2 aromatic heterocycles. The Hall–Kier alpha value is -2.00. The molecule has 1 aliphatic heterocycles. The summed E-state index contributed by atoms with van der Waals surface area (Å²) in [4.78, 5) is 10.2. The summed E-state index contributed by atoms with van der Waals surface area (Å²) in [6.07, 6.45) is 4.23. The lowest BCUT2D eigenvalue weighted by Crippen LogP contribution is -2.82. The van der Waals surface area contributed by atoms with Crippen LogP contribution < -0.4 is 5.32 Å². The van der Waals surface area contributed by atoms with E-state index in [9.17, 15) is 8.78 Å². The molecular formula is C18H21ClF2N5O+. The third-order valence-corrected chi connectivity index (χ3v) is 4.48. The molecule has 2 aromatic rings. The Labute approximate surface area is 160 Å². The van der Waals surface area contributed by atoms with Gasteiger partial charge in [-0.05, 0) is 18.2 Å². The van der Waals surface area contributed by atoms with Crippen molar-refractivity contribution in [2.24, 2.45) is 0 Å². The van der Waals surface area contributed by atoms with Crippen LogP contribution in [0.2, 0.25) is 5.15 Å². The number of rotatable bonds is 7. The quantitative estimate of drug-likeness (QED) is 0.552. The average molecular weight is 397 g/mol. The van der Waals surface area contributed by atoms with Gasteiger partial charge in [-0.25, -0.2) is 4.98 Å². The normalized spacial score (nSPS) is 16.6. The predicted molar refractivity (Wildman–Crippen MR) is 100 cm³/mol. The third kappa shape index (κ3) is 5.49. The van der Waals surface area contributed by atoms with Crippen molar-refractivity contribution in [2.45, 2.75) is 5.92 Å². The van der Waals surface area contributed by atoms with E-state index in [1.54, 1.807) is 29.3 Å². The van der Waals surface area contributed by atoms with Crippen LogP contribution in [0.1, 0.15) is 5.56 Å². The summed E-state index contributed by atoms with van der Waals surface area (Å²) in [7, 11) is 0. The highest BCUT2D eigenvalue weighted by atomic mass is 35.5. The number of allylic oxidation sites excluding steroid dienone is 1. The van der Waals surface area contributed by atoms with Crippen LogP contribution in [0.4, 0.5) is 8.78 Å². The minimum Gasteiger partial charge on any atom is -0.379 e. The largest absolute Gasteiger partial charge is 0.379 e. The number of halogens is 3. The molecule has 3 rings (SSSR count). The van der Waals surface area contributed by atoms with E-state index in [-0.39, 0.29) is 6.54 Å². The lowest BCUT2D eigenvalue weighted by Gasteiger charge is -2.29. The fourth-order valence-corrected chi connectivity index (χ4v) is 3.03. The number of hydrogen-bond donors (Lipinski definition) is 2. The van der Waals surface area contributed by atoms with E-state index in [0.717, 1.165) is 6.21 Å². The highest BCUT2D eigenvalue weighted by Crippen LogP contribution is 2.18. The molecule has 0 bridgehead atoms. The summed E-state index contributed by atoms with van der Waals surface area (Å²) in [5.41, 5.74) is 2.37. The van der Waals surface area contributed by atoms with Crippen LogP contribution in [0.5, 0.6) is 0 Å². The molecule has 0 spiro atoms. The van der Waals surface area contributed by atoms with E-state index in [0.29, 0.717) is 53.6 Å². The first-order valence-corrected chi connectivity index (χ1v) is 8.99. The van der Waals surface area contributed by atoms with Gasteiger partial charge in [0, 0.05) is 31.1 Å². The standard InChI is InChI=1S/C18H20ClF2N5O/c19-17-2-1-15-16(25-17)7-13(10-24-15)14(8-22)9-23-11-18(20,21)12-26-3-5-27-6-4-26/h1-2,7-10,22-23H,3-6,11-12H2/p+1/b14-9+,22-8?. The van der Waals surface area contributed by atoms with Crippen molar-refractivity contribution in [3.63, 3.8) is 0 Å². The molecule has 1 aliphatic rings. The van der Waals surface area contributed by atoms with Gasteiger partial charge in [-0.3, -0.25) is 9.88 Å². The number of nitrogens with two attached hydrogens (primary N) is 1. The van der Waals surface area contributed by atoms with Gasteiger partial charge in [-0.1, -0.05) is 11.6 Å². The molecule has 0 radical (unpaired) electrons. The monoisotopic (exact) mass is 396 g/mol. The number of nitrogens with zero attached hydrogens (tertiary/aromatic N) is 3. The molecular weight excluding hydrogens is 376 g/mol. The number of nitrogens with one attached hydrogen (secondary N) is 1. The van der Waals surface area contributed by atoms with Gasteiger partial charge in [0.25, 0.3) is 0 Å². The van der Waals surface area contributed by atoms with E-state index in [1.165, 1.54) is 11.5 Å². The zero-order valence-electron chi connectivity index (χ0n) is 14.7. The second-order valence-corrected chi connectivity index (χ2v) is 6.73. The third-order valence-electron chi connectivity index (χ3n) is 4.26. The van der Waals surface area contributed by atoms with Crippen molar-refractivity contribution >= 4 is 34.4 Å². The molecule has 0 amide bonds. The van der Waals surface area contributed by atoms with Crippen LogP contribution in [-0.4, -0.2) is 66.4 Å². The van der Waals surface area contributed by atoms with Gasteiger partial charge in [0.15, 0.2) is 0 Å². The smallest absolute Gasteiger partial charge is 0.308 e. The molecule has 1 fully saturated rings. The van der Waals surface area contributed by atoms with Crippen LogP contribution in [-0.2, 0) is 4.74 Å². The van der Waals surface area contributed by atoms with E-state index < -0.39 is 12.5 Å². The number of ether oxygens (including phenoxy) is 1. The first-order valence-electron chi connectivity index (χ1n) is 8.61. The van der Waals surface area contributed by atoms with E-state index >= 15 is 0 Å². The number of morpholine rings is 1. The second kappa shape index (κ2) is 8.79. The minimum absolute atomic E-state index is 0.291. The topological polar surface area (TPSA) is 78.7 Å². The molecule has 0 aliphatic carbocycles. The summed E-state index contributed by atoms with van der Waals surface area (Å²) in [6, 6.07) is 5.14. The number of aromatic nitrogens is 2. The molecule has 9 heteroatoms. The highest BCUT2D eigenvalue weighted by Gasteiger charge is 2.34. The van der Waals surface area contributed by atoms with Crippen molar-refractivity contribution in [2.75, 3.05) is 39.4 Å². The van der Waals surface area contributed by atoms with E-state index in [4.69, 9.17) is 21.7 Å². The first-order chi connectivity index (χ1) is 13.0. The zero-order valence-corrected chi connectivity index (χ0v) is 15.4. The Morgan fingerprint density at radius 3 is 2.85 bits per heavy atom. The van der Waals surface area contributed by atoms with Crippen LogP contribution in [0.3, 0.4) is 0 Å². The van der Waals surface area contributed by atoms with Gasteiger partial charge < -0.3 is 15.5 Å². The zero-order chi connectivity index (χ0) is 19.3. The molecule has 27 heavy (non-hydrogen) atoms. The van der Waals surface area contributed by atoms with E-state index in [1.807, 2.05) is 0 Å². The number of fused-ring (bicyclic) bond motifs is 1. The number of alkyl halides is 2. The number of pyridine rings is 2. The van der Waals surface area contributed by atoms with Gasteiger partial charge in [-0.2, -0.15) is 8.78 Å². The van der Waals surface area contributed by atoms with Crippen LogP contribution in [0.15, 0.2) is 30.6 Å². The number of quaternary nitrogens is 1. The molecule has 0 aromatic carbocycles. The Morgan fingerprint density at radius 1 is 1.33 bits per heavy atom. The summed E-state index contributed by atoms with van der Waals surface area (Å²) in [6.45, 7) is 1.34. The van der Waals surface area contributed by atoms with Crippen LogP contribution in [0.25, 0.3) is 16.6 Å². The predicted octanol–water partition coefficient (Wildman–Crippen LogP) is 1.80. The van der Waals surface area contributed by atoms with E-state index in [2.05, 4.69) is 9.97 Å². The van der Waals surface area contributed by atoms with Crippen LogP contribution in [0, 0.1) is 5.41 Å². The van der Waals surface area contributed by atoms with Crippen molar-refractivity contribution in [3.05, 3.63) is 41.3 Å². The second-order valence-electron chi connectivity index (χ2n) is 6.35. The number of hydrogen-bond acceptors (Lipinski definition) is 5. The van der Waals surface area contributed by atoms with Crippen molar-refractivity contribution < 1.29 is 18.8 Å². The summed E-state index contributed by atoms with van der Waals surface area (Å²) in [5, 5.41) is 9.33. The Balaban J connectivity index is 1.66. The average Bonchev–Trinajstić information content (AvgIpc) is 2.65. The lowest BCUT2D eigenvalue weighted by molar-refractivity contribution is -0.606. The highest BCUT2D eigenvalue weighted by molar-refractivity contribution is 6.29. The fourth-order valence-electron chi connectivity index (χ4n) is 2.88. The Kier molecular flexibility index (Phi) is 6.43. The van der Waals surface area contributed by atoms with Crippen molar-refractivity contribution in [1.82, 2.24) is 14.9 Å². The van der Waals surface area contributed by atoms with Gasteiger partial charge in [0.05, 0.1) is 36.4 Å². The molecule has 0 unspecified atom stereocenters. The molecule has 3 heterocycles. The molecule has 6 nitrogen and oxygen atoms in total. The Morgan fingerprint density at radius 2 is 2.11 bits per heavy atom. The molecule has 0 saturated carbocycles. The van der Waals surface area contributed by atoms with Crippen molar-refractivity contribution in [3.8, 4) is 0 Å². The van der Waals surface area contributed by atoms with Gasteiger partial charge in [0.2, 0.25) is 0 Å². The van der Waals surface area contributed by atoms with Gasteiger partial charge >= 0.3 is 5.92 Å². The van der Waals surface area contributed by atoms with Crippen molar-refractivity contribution in [1.29, 1.82) is 5.41 Å². The van der Waals surface area contributed by atoms with Gasteiger partial charge in [-0.15, -0.1) is 0 Å². The maximum absolute atomic E-state index is 14.2. The SMILES string of the molecule is N=C/C(=C\[NH2+]CC(F)(F)CN1CCOCC1)c1cnc2ccc(Cl)nc2c1. The Bertz CT molecular complexity index is 840. The maximum atomic E-state index is 14.2. The molecule has 3 N–H and O–H groups in total.